The van der Waals surface area contributed by atoms with Crippen molar-refractivity contribution in [3.8, 4) is 11.3 Å². The van der Waals surface area contributed by atoms with Crippen molar-refractivity contribution < 1.29 is 9.18 Å². The van der Waals surface area contributed by atoms with Crippen molar-refractivity contribution >= 4 is 33.3 Å². The molecule has 0 atom stereocenters. The molecule has 0 saturated carbocycles. The van der Waals surface area contributed by atoms with Gasteiger partial charge in [-0.2, -0.15) is 5.10 Å². The van der Waals surface area contributed by atoms with E-state index in [1.165, 1.54) is 24.3 Å². The number of halogens is 2. The Labute approximate surface area is 165 Å². The largest absolute Gasteiger partial charge is 0.323 e. The zero-order valence-corrected chi connectivity index (χ0v) is 16.8. The molecule has 3 rings (SSSR count). The molecule has 27 heavy (non-hydrogen) atoms. The first-order valence-electron chi connectivity index (χ1n) is 8.50. The second-order valence-corrected chi connectivity index (χ2v) is 7.36. The standard InChI is InChI=1S/C20H20BrFN4O/c1-12(2)16-9-8-15(10-17(16)19-18(21)11-23-26(19)3)25-20(27)24-14-6-4-13(22)5-7-14/h4-12H,1-3H3,(H2,24,25,27). The Hall–Kier alpha value is -2.67. The van der Waals surface area contributed by atoms with Gasteiger partial charge < -0.3 is 10.6 Å². The van der Waals surface area contributed by atoms with Gasteiger partial charge in [0.05, 0.1) is 16.4 Å². The van der Waals surface area contributed by atoms with Crippen LogP contribution in [0, 0.1) is 5.82 Å². The summed E-state index contributed by atoms with van der Waals surface area (Å²) >= 11 is 3.55. The smallest absolute Gasteiger partial charge is 0.308 e. The predicted octanol–water partition coefficient (Wildman–Crippen LogP) is 5.76. The molecule has 0 bridgehead atoms. The molecule has 2 aromatic carbocycles. The van der Waals surface area contributed by atoms with Crippen LogP contribution in [-0.2, 0) is 7.05 Å². The Morgan fingerprint density at radius 3 is 2.33 bits per heavy atom. The Balaban J connectivity index is 1.87. The maximum atomic E-state index is 13.0. The van der Waals surface area contributed by atoms with E-state index < -0.39 is 6.03 Å². The van der Waals surface area contributed by atoms with E-state index in [2.05, 4.69) is 45.5 Å². The molecule has 1 aromatic heterocycles. The lowest BCUT2D eigenvalue weighted by molar-refractivity contribution is 0.262. The molecule has 7 heteroatoms. The van der Waals surface area contributed by atoms with Crippen molar-refractivity contribution in [3.63, 3.8) is 0 Å². The molecule has 0 spiro atoms. The zero-order valence-electron chi connectivity index (χ0n) is 15.3. The molecule has 0 unspecified atom stereocenters. The summed E-state index contributed by atoms with van der Waals surface area (Å²) in [5, 5.41) is 9.80. The van der Waals surface area contributed by atoms with E-state index >= 15 is 0 Å². The van der Waals surface area contributed by atoms with Crippen molar-refractivity contribution in [2.24, 2.45) is 7.05 Å². The first-order valence-corrected chi connectivity index (χ1v) is 9.30. The number of amides is 2. The summed E-state index contributed by atoms with van der Waals surface area (Å²) in [4.78, 5) is 12.3. The number of aryl methyl sites for hydroxylation is 1. The van der Waals surface area contributed by atoms with Crippen molar-refractivity contribution in [1.82, 2.24) is 9.78 Å². The average Bonchev–Trinajstić information content (AvgIpc) is 2.95. The molecule has 5 nitrogen and oxygen atoms in total. The van der Waals surface area contributed by atoms with Crippen LogP contribution in [0.15, 0.2) is 53.1 Å². The molecule has 0 saturated heterocycles. The summed E-state index contributed by atoms with van der Waals surface area (Å²) in [6.07, 6.45) is 1.75. The molecule has 1 heterocycles. The van der Waals surface area contributed by atoms with Crippen molar-refractivity contribution in [3.05, 3.63) is 64.5 Å². The number of carbonyl (C=O) groups is 1. The third-order valence-electron chi connectivity index (χ3n) is 4.18. The highest BCUT2D eigenvalue weighted by Crippen LogP contribution is 2.35. The first-order chi connectivity index (χ1) is 12.8. The number of nitrogens with one attached hydrogen (secondary N) is 2. The molecule has 0 aliphatic carbocycles. The highest BCUT2D eigenvalue weighted by atomic mass is 79.9. The molecule has 0 fully saturated rings. The number of hydrogen-bond acceptors (Lipinski definition) is 2. The fourth-order valence-corrected chi connectivity index (χ4v) is 3.44. The first kappa shape index (κ1) is 19.1. The molecule has 2 N–H and O–H groups in total. The minimum absolute atomic E-state index is 0.309. The molecule has 0 aliphatic heterocycles. The maximum Gasteiger partial charge on any atom is 0.323 e. The topological polar surface area (TPSA) is 59.0 Å². The Morgan fingerprint density at radius 1 is 1.11 bits per heavy atom. The number of urea groups is 1. The summed E-state index contributed by atoms with van der Waals surface area (Å²) in [7, 11) is 1.88. The van der Waals surface area contributed by atoms with Gasteiger partial charge in [0.1, 0.15) is 5.82 Å². The van der Waals surface area contributed by atoms with Crippen LogP contribution in [0.2, 0.25) is 0 Å². The van der Waals surface area contributed by atoms with Gasteiger partial charge in [0, 0.05) is 24.0 Å². The highest BCUT2D eigenvalue weighted by Gasteiger charge is 2.16. The van der Waals surface area contributed by atoms with Gasteiger partial charge in [-0.1, -0.05) is 19.9 Å². The average molecular weight is 431 g/mol. The van der Waals surface area contributed by atoms with E-state index in [9.17, 15) is 9.18 Å². The Morgan fingerprint density at radius 2 is 1.74 bits per heavy atom. The van der Waals surface area contributed by atoms with E-state index in [1.54, 1.807) is 10.9 Å². The van der Waals surface area contributed by atoms with Gasteiger partial charge in [-0.25, -0.2) is 9.18 Å². The minimum atomic E-state index is -0.395. The number of aromatic nitrogens is 2. The van der Waals surface area contributed by atoms with Crippen LogP contribution in [0.5, 0.6) is 0 Å². The molecule has 3 aromatic rings. The predicted molar refractivity (Wildman–Crippen MR) is 109 cm³/mol. The van der Waals surface area contributed by atoms with Crippen LogP contribution in [0.1, 0.15) is 25.3 Å². The number of rotatable bonds is 4. The number of hydrogen-bond donors (Lipinski definition) is 2. The van der Waals surface area contributed by atoms with Crippen molar-refractivity contribution in [2.45, 2.75) is 19.8 Å². The maximum absolute atomic E-state index is 13.0. The fraction of sp³-hybridized carbons (Fsp3) is 0.200. The zero-order chi connectivity index (χ0) is 19.6. The van der Waals surface area contributed by atoms with Crippen LogP contribution in [0.3, 0.4) is 0 Å². The summed E-state index contributed by atoms with van der Waals surface area (Å²) in [5.74, 6) is -0.0412. The van der Waals surface area contributed by atoms with Gasteiger partial charge >= 0.3 is 6.03 Å². The van der Waals surface area contributed by atoms with E-state index in [1.807, 2.05) is 25.2 Å². The lowest BCUT2D eigenvalue weighted by Crippen LogP contribution is -2.19. The molecule has 0 aliphatic rings. The van der Waals surface area contributed by atoms with E-state index in [0.717, 1.165) is 21.3 Å². The lowest BCUT2D eigenvalue weighted by Gasteiger charge is -2.16. The third kappa shape index (κ3) is 4.36. The van der Waals surface area contributed by atoms with Crippen LogP contribution in [-0.4, -0.2) is 15.8 Å². The van der Waals surface area contributed by atoms with Gasteiger partial charge in [-0.15, -0.1) is 0 Å². The lowest BCUT2D eigenvalue weighted by atomic mass is 9.94. The summed E-state index contributed by atoms with van der Waals surface area (Å²) in [6, 6.07) is 11.0. The second kappa shape index (κ2) is 7.92. The number of nitrogens with zero attached hydrogens (tertiary/aromatic N) is 2. The summed E-state index contributed by atoms with van der Waals surface area (Å²) in [6.45, 7) is 4.24. The Kier molecular flexibility index (Phi) is 5.60. The highest BCUT2D eigenvalue weighted by molar-refractivity contribution is 9.10. The summed E-state index contributed by atoms with van der Waals surface area (Å²) < 4.78 is 15.7. The molecule has 0 radical (unpaired) electrons. The minimum Gasteiger partial charge on any atom is -0.308 e. The third-order valence-corrected chi connectivity index (χ3v) is 4.76. The quantitative estimate of drug-likeness (QED) is 0.552. The van der Waals surface area contributed by atoms with Crippen molar-refractivity contribution in [2.75, 3.05) is 10.6 Å². The normalized spacial score (nSPS) is 10.9. The van der Waals surface area contributed by atoms with Gasteiger partial charge in [0.15, 0.2) is 0 Å². The van der Waals surface area contributed by atoms with Crippen LogP contribution < -0.4 is 10.6 Å². The SMILES string of the molecule is CC(C)c1ccc(NC(=O)Nc2ccc(F)cc2)cc1-c1c(Br)cnn1C. The fourth-order valence-electron chi connectivity index (χ4n) is 2.88. The number of anilines is 2. The summed E-state index contributed by atoms with van der Waals surface area (Å²) in [5.41, 5.74) is 4.27. The van der Waals surface area contributed by atoms with Crippen LogP contribution in [0.25, 0.3) is 11.3 Å². The van der Waals surface area contributed by atoms with Gasteiger partial charge in [0.2, 0.25) is 0 Å². The monoisotopic (exact) mass is 430 g/mol. The van der Waals surface area contributed by atoms with E-state index in [-0.39, 0.29) is 5.82 Å². The van der Waals surface area contributed by atoms with Gasteiger partial charge in [-0.05, 0) is 63.8 Å². The van der Waals surface area contributed by atoms with Gasteiger partial charge in [-0.3, -0.25) is 4.68 Å². The van der Waals surface area contributed by atoms with Crippen LogP contribution >= 0.6 is 15.9 Å². The number of carbonyl (C=O) groups excluding carboxylic acids is 1. The van der Waals surface area contributed by atoms with Crippen molar-refractivity contribution in [1.29, 1.82) is 0 Å². The molecular formula is C20H20BrFN4O. The number of benzene rings is 2. The second-order valence-electron chi connectivity index (χ2n) is 6.51. The van der Waals surface area contributed by atoms with Gasteiger partial charge in [0.25, 0.3) is 0 Å². The molecular weight excluding hydrogens is 411 g/mol. The van der Waals surface area contributed by atoms with Crippen LogP contribution in [0.4, 0.5) is 20.6 Å². The Bertz CT molecular complexity index is 947. The molecule has 140 valence electrons. The van der Waals surface area contributed by atoms with E-state index in [0.29, 0.717) is 17.3 Å². The van der Waals surface area contributed by atoms with E-state index in [4.69, 9.17) is 0 Å². The molecule has 2 amide bonds.